The molecule has 2 aromatic rings. The predicted molar refractivity (Wildman–Crippen MR) is 282 cm³/mol. The first kappa shape index (κ1) is 60.4. The highest BCUT2D eigenvalue weighted by Crippen LogP contribution is 2.47. The Morgan fingerprint density at radius 3 is 2.33 bits per heavy atom. The number of halogens is 1. The molecule has 1 aromatic carbocycles. The Kier molecular flexibility index (Phi) is 20.4. The van der Waals surface area contributed by atoms with Crippen LogP contribution in [-0.4, -0.2) is 179 Å². The summed E-state index contributed by atoms with van der Waals surface area (Å²) in [6, 6.07) is 6.18. The van der Waals surface area contributed by atoms with Gasteiger partial charge in [0.2, 0.25) is 0 Å². The molecule has 75 heavy (non-hydrogen) atoms. The number of fused-ring (bicyclic) bond motifs is 9. The number of rotatable bonds is 6. The van der Waals surface area contributed by atoms with Gasteiger partial charge in [0.15, 0.2) is 12.5 Å². The fourth-order valence-electron chi connectivity index (χ4n) is 12.4. The number of aliphatic hydroxyl groups is 3. The van der Waals surface area contributed by atoms with E-state index in [9.17, 15) is 19.7 Å². The topological polar surface area (TPSA) is 230 Å². The zero-order chi connectivity index (χ0) is 55.3. The molecule has 6 heterocycles. The molecule has 0 saturated carbocycles. The number of aliphatic hydroxyl groups excluding tert-OH is 2. The third kappa shape index (κ3) is 13.6. The van der Waals surface area contributed by atoms with Crippen molar-refractivity contribution in [1.29, 1.82) is 0 Å². The van der Waals surface area contributed by atoms with Gasteiger partial charge >= 0.3 is 5.97 Å². The zero-order valence-electron chi connectivity index (χ0n) is 47.1. The van der Waals surface area contributed by atoms with E-state index in [4.69, 9.17) is 38.9 Å². The minimum absolute atomic E-state index is 0.0111. The maximum atomic E-state index is 15.0. The van der Waals surface area contributed by atoms with Crippen LogP contribution in [0.2, 0.25) is 0 Å². The second-order valence-electron chi connectivity index (χ2n) is 22.8. The Morgan fingerprint density at radius 1 is 1.01 bits per heavy atom. The van der Waals surface area contributed by atoms with Gasteiger partial charge < -0.3 is 69.3 Å². The first-order valence-corrected chi connectivity index (χ1v) is 26.9. The number of nitrogens with one attached hydrogen (secondary N) is 2. The minimum Gasteiger partial charge on any atom is -0.492 e. The van der Waals surface area contributed by atoms with Gasteiger partial charge in [-0.3, -0.25) is 10.1 Å². The third-order valence-electron chi connectivity index (χ3n) is 17.0. The number of carbonyl (C=O) groups excluding carboxylic acids is 1. The SMILES string of the molecule is C=C1OC([C@H]2[C@H](C)[C@H]3O[C@H]4C[C@H](C[C@@H](C)O4)N(C)CC/C(N)=C/N[C@H](CF)C(OC)c4ccc(cc4)-n4cc(nn4)C(NC)O[C@]3(C)C[C@@H](C)CN(C)[C@H](C)[C@@H](O)C(C)(O)[C@@H](CC)OC(=O)[C@@H]2C)C[C@@](C)(OC)[C@H]1O. The quantitative estimate of drug-likeness (QED) is 0.208. The number of cyclic esters (lactones) is 1. The monoisotopic (exact) mass is 1060 g/mol. The van der Waals surface area contributed by atoms with Crippen molar-refractivity contribution in [3.8, 4) is 5.69 Å². The van der Waals surface area contributed by atoms with E-state index in [2.05, 4.69) is 46.4 Å². The van der Waals surface area contributed by atoms with Crippen molar-refractivity contribution in [2.24, 2.45) is 29.4 Å². The Balaban J connectivity index is 1.56. The van der Waals surface area contributed by atoms with Crippen LogP contribution < -0.4 is 16.4 Å². The molecule has 424 valence electrons. The number of benzene rings is 1. The second kappa shape index (κ2) is 25.3. The summed E-state index contributed by atoms with van der Waals surface area (Å²) in [6.07, 6.45) is -1.84. The molecule has 7 N–H and O–H groups in total. The molecule has 20 heteroatoms. The number of nitrogens with two attached hydrogens (primary N) is 1. The van der Waals surface area contributed by atoms with Crippen LogP contribution in [0, 0.1) is 23.7 Å². The van der Waals surface area contributed by atoms with Gasteiger partial charge in [-0.25, -0.2) is 9.07 Å². The molecule has 5 aliphatic rings. The Hall–Kier alpha value is -3.80. The standard InChI is InChI=1S/C55H91FN8O11/c1-16-44-55(10,68)48(65)35(6)63(13)29-31(2)25-54(9)50(33(4)46(34(5)52(67)73-44)43-26-53(8,70-15)49(66)36(7)72-43)74-45-24-40(23-32(3)71-45)62(12)22-21-38(57)28-59-41(27-56)47(69-14)37-17-19-39(20-18-37)64-30-42(60-61-64)51(58-11)75-54/h17-20,28,30-35,40-41,43-51,58-59,65-66,68H,7,16,21-27,29,57H2,1-6,8-15H3/b38-28-/t31-,32-,33+,34-,35-,40+,41-,43?,44-,45+,46+,47?,48-,49+,50-,51?,53-,54-,55?/m1/s1. The molecule has 5 aliphatic heterocycles. The normalized spacial score (nSPS) is 41.7. The lowest BCUT2D eigenvalue weighted by atomic mass is 9.68. The van der Waals surface area contributed by atoms with Crippen LogP contribution in [0.25, 0.3) is 5.69 Å². The van der Waals surface area contributed by atoms with E-state index in [0.29, 0.717) is 55.9 Å². The molecular formula is C55H91FN8O11. The summed E-state index contributed by atoms with van der Waals surface area (Å²) in [7, 11) is 8.82. The van der Waals surface area contributed by atoms with Crippen LogP contribution in [-0.2, 0) is 38.0 Å². The first-order chi connectivity index (χ1) is 35.3. The molecule has 0 radical (unpaired) electrons. The summed E-state index contributed by atoms with van der Waals surface area (Å²) in [4.78, 5) is 19.3. The summed E-state index contributed by atoms with van der Waals surface area (Å²) in [5.74, 6) is -2.96. The molecule has 3 fully saturated rings. The van der Waals surface area contributed by atoms with Crippen LogP contribution in [0.5, 0.6) is 0 Å². The number of carbonyl (C=O) groups is 1. The number of esters is 1. The maximum absolute atomic E-state index is 15.0. The molecule has 3 saturated heterocycles. The van der Waals surface area contributed by atoms with Gasteiger partial charge in [0.05, 0.1) is 41.7 Å². The van der Waals surface area contributed by atoms with Crippen molar-refractivity contribution in [1.82, 2.24) is 35.4 Å². The summed E-state index contributed by atoms with van der Waals surface area (Å²) >= 11 is 0. The molecule has 1 aromatic heterocycles. The van der Waals surface area contributed by atoms with E-state index in [1.165, 1.54) is 14.0 Å². The molecule has 0 spiro atoms. The van der Waals surface area contributed by atoms with E-state index in [-0.39, 0.29) is 36.7 Å². The van der Waals surface area contributed by atoms with Gasteiger partial charge in [-0.05, 0) is 105 Å². The molecule has 6 bridgehead atoms. The Labute approximate surface area is 444 Å². The summed E-state index contributed by atoms with van der Waals surface area (Å²) in [5.41, 5.74) is 4.83. The fraction of sp³-hybridized carbons (Fsp3) is 0.764. The number of nitrogens with zero attached hydrogens (tertiary/aromatic N) is 5. The van der Waals surface area contributed by atoms with Crippen LogP contribution in [0.4, 0.5) is 4.39 Å². The van der Waals surface area contributed by atoms with E-state index in [1.807, 2.05) is 70.8 Å². The number of methoxy groups -OCH3 is 2. The average molecular weight is 1060 g/mol. The van der Waals surface area contributed by atoms with Crippen LogP contribution in [0.1, 0.15) is 124 Å². The second-order valence-corrected chi connectivity index (χ2v) is 22.8. The van der Waals surface area contributed by atoms with Gasteiger partial charge in [0.1, 0.15) is 59.8 Å². The molecule has 4 unspecified atom stereocenters. The van der Waals surface area contributed by atoms with Crippen LogP contribution >= 0.6 is 0 Å². The largest absolute Gasteiger partial charge is 0.492 e. The molecular weight excluding hydrogens is 968 g/mol. The van der Waals surface area contributed by atoms with Gasteiger partial charge in [-0.2, -0.15) is 0 Å². The summed E-state index contributed by atoms with van der Waals surface area (Å²) < 4.78 is 63.0. The lowest BCUT2D eigenvalue weighted by Gasteiger charge is -2.51. The summed E-state index contributed by atoms with van der Waals surface area (Å²) in [6.45, 7) is 21.4. The van der Waals surface area contributed by atoms with Gasteiger partial charge in [-0.1, -0.05) is 51.6 Å². The average Bonchev–Trinajstić information content (AvgIpc) is 3.87. The maximum Gasteiger partial charge on any atom is 0.309 e. The van der Waals surface area contributed by atoms with Gasteiger partial charge in [0.25, 0.3) is 0 Å². The lowest BCUT2D eigenvalue weighted by molar-refractivity contribution is -0.285. The molecule has 0 aliphatic carbocycles. The number of alkyl halides is 1. The Bertz CT molecular complexity index is 2210. The van der Waals surface area contributed by atoms with Crippen molar-refractivity contribution in [3.05, 3.63) is 66.0 Å². The molecule has 0 amide bonds. The van der Waals surface area contributed by atoms with Crippen LogP contribution in [0.3, 0.4) is 0 Å². The number of ether oxygens (including phenoxy) is 7. The van der Waals surface area contributed by atoms with Crippen molar-refractivity contribution >= 4 is 5.97 Å². The van der Waals surface area contributed by atoms with Crippen molar-refractivity contribution in [3.63, 3.8) is 0 Å². The van der Waals surface area contributed by atoms with Crippen molar-refractivity contribution in [2.75, 3.05) is 55.1 Å². The first-order valence-electron chi connectivity index (χ1n) is 26.9. The lowest BCUT2D eigenvalue weighted by Crippen LogP contribution is -2.59. The fourth-order valence-corrected chi connectivity index (χ4v) is 12.4. The number of hydrogen-bond acceptors (Lipinski definition) is 18. The van der Waals surface area contributed by atoms with E-state index in [0.717, 1.165) is 5.56 Å². The van der Waals surface area contributed by atoms with Gasteiger partial charge in [0, 0.05) is 76.5 Å². The molecule has 19 atom stereocenters. The molecule has 19 nitrogen and oxygen atoms in total. The smallest absolute Gasteiger partial charge is 0.309 e. The van der Waals surface area contributed by atoms with Crippen molar-refractivity contribution < 1.29 is 57.7 Å². The number of likely N-dealkylation sites (N-methyl/N-ethyl adjacent to an activating group) is 1. The predicted octanol–water partition coefficient (Wildman–Crippen LogP) is 5.04. The van der Waals surface area contributed by atoms with E-state index < -0.39 is 108 Å². The van der Waals surface area contributed by atoms with E-state index in [1.54, 1.807) is 45.1 Å². The Morgan fingerprint density at radius 2 is 1.71 bits per heavy atom. The highest BCUT2D eigenvalue weighted by Gasteiger charge is 2.55. The third-order valence-corrected chi connectivity index (χ3v) is 17.0. The zero-order valence-corrected chi connectivity index (χ0v) is 47.1. The van der Waals surface area contributed by atoms with Gasteiger partial charge in [-0.15, -0.1) is 5.10 Å². The highest BCUT2D eigenvalue weighted by molar-refractivity contribution is 5.73. The number of aromatic nitrogens is 3. The molecule has 7 rings (SSSR count). The summed E-state index contributed by atoms with van der Waals surface area (Å²) in [5, 5.41) is 51.3. The van der Waals surface area contributed by atoms with Crippen LogP contribution in [0.15, 0.2) is 54.7 Å². The van der Waals surface area contributed by atoms with Crippen molar-refractivity contribution in [2.45, 2.75) is 191 Å². The minimum atomic E-state index is -1.84. The number of hydrogen-bond donors (Lipinski definition) is 6. The highest BCUT2D eigenvalue weighted by atomic mass is 19.1. The van der Waals surface area contributed by atoms with E-state index >= 15 is 4.79 Å².